The molecule has 1 aromatic rings. The van der Waals surface area contributed by atoms with Crippen LogP contribution >= 0.6 is 0 Å². The zero-order valence-electron chi connectivity index (χ0n) is 14.5. The largest absolute Gasteiger partial charge is 0.381 e. The molecule has 132 valence electrons. The van der Waals surface area contributed by atoms with Crippen LogP contribution in [0, 0.1) is 5.92 Å². The molecule has 2 aliphatic rings. The third-order valence-electron chi connectivity index (χ3n) is 4.70. The fourth-order valence-corrected chi connectivity index (χ4v) is 3.14. The molecule has 1 saturated carbocycles. The van der Waals surface area contributed by atoms with Crippen LogP contribution in [0.15, 0.2) is 35.3 Å². The van der Waals surface area contributed by atoms with Crippen molar-refractivity contribution < 1.29 is 9.47 Å². The Labute approximate surface area is 144 Å². The van der Waals surface area contributed by atoms with Gasteiger partial charge < -0.3 is 20.1 Å². The Morgan fingerprint density at radius 1 is 1.33 bits per heavy atom. The van der Waals surface area contributed by atoms with Gasteiger partial charge in [-0.1, -0.05) is 30.3 Å². The molecule has 2 N–H and O–H groups in total. The van der Waals surface area contributed by atoms with E-state index in [1.54, 1.807) is 0 Å². The highest BCUT2D eigenvalue weighted by atomic mass is 16.5. The van der Waals surface area contributed by atoms with Crippen LogP contribution in [-0.2, 0) is 9.47 Å². The average molecular weight is 331 g/mol. The van der Waals surface area contributed by atoms with Crippen LogP contribution in [0.3, 0.4) is 0 Å². The van der Waals surface area contributed by atoms with Gasteiger partial charge in [-0.2, -0.15) is 0 Å². The van der Waals surface area contributed by atoms with Crippen molar-refractivity contribution in [2.75, 3.05) is 40.0 Å². The Balaban J connectivity index is 1.26. The van der Waals surface area contributed by atoms with Gasteiger partial charge in [0.2, 0.25) is 0 Å². The number of hydrogen-bond donors (Lipinski definition) is 2. The molecule has 1 aliphatic heterocycles. The molecule has 0 radical (unpaired) electrons. The van der Waals surface area contributed by atoms with Gasteiger partial charge in [-0.05, 0) is 24.8 Å². The number of ether oxygens (including phenoxy) is 2. The summed E-state index contributed by atoms with van der Waals surface area (Å²) in [6.07, 6.45) is 3.30. The maximum atomic E-state index is 5.72. The Bertz CT molecular complexity index is 515. The van der Waals surface area contributed by atoms with Crippen molar-refractivity contribution in [3.05, 3.63) is 35.9 Å². The van der Waals surface area contributed by atoms with Crippen molar-refractivity contribution in [3.63, 3.8) is 0 Å². The lowest BCUT2D eigenvalue weighted by molar-refractivity contribution is 0.0888. The predicted octanol–water partition coefficient (Wildman–Crippen LogP) is 2.15. The third kappa shape index (κ3) is 5.21. The van der Waals surface area contributed by atoms with Gasteiger partial charge in [0.05, 0.1) is 13.2 Å². The second kappa shape index (κ2) is 9.04. The Kier molecular flexibility index (Phi) is 6.49. The Hall–Kier alpha value is -1.59. The number of rotatable bonds is 8. The monoisotopic (exact) mass is 331 g/mol. The van der Waals surface area contributed by atoms with Crippen molar-refractivity contribution in [3.8, 4) is 0 Å². The lowest BCUT2D eigenvalue weighted by Gasteiger charge is -2.12. The molecule has 0 amide bonds. The predicted molar refractivity (Wildman–Crippen MR) is 96.4 cm³/mol. The molecule has 3 rings (SSSR count). The summed E-state index contributed by atoms with van der Waals surface area (Å²) < 4.78 is 11.1. The molecule has 0 aromatic heterocycles. The number of nitrogens with one attached hydrogen (secondary N) is 2. The van der Waals surface area contributed by atoms with Crippen molar-refractivity contribution in [1.29, 1.82) is 0 Å². The maximum absolute atomic E-state index is 5.72. The van der Waals surface area contributed by atoms with Gasteiger partial charge >= 0.3 is 0 Å². The van der Waals surface area contributed by atoms with Gasteiger partial charge in [0, 0.05) is 44.7 Å². The van der Waals surface area contributed by atoms with Crippen LogP contribution < -0.4 is 10.6 Å². The molecule has 3 unspecified atom stereocenters. The molecular formula is C19H29N3O2. The van der Waals surface area contributed by atoms with E-state index < -0.39 is 0 Å². The number of benzene rings is 1. The highest BCUT2D eigenvalue weighted by molar-refractivity contribution is 5.80. The van der Waals surface area contributed by atoms with Crippen LogP contribution in [0.4, 0.5) is 0 Å². The second-order valence-corrected chi connectivity index (χ2v) is 6.66. The average Bonchev–Trinajstić information content (AvgIpc) is 3.19. The molecule has 1 saturated heterocycles. The normalized spacial score (nSPS) is 26.4. The van der Waals surface area contributed by atoms with Crippen LogP contribution in [0.1, 0.15) is 30.7 Å². The van der Waals surface area contributed by atoms with E-state index in [1.165, 1.54) is 12.0 Å². The van der Waals surface area contributed by atoms with E-state index in [1.807, 2.05) is 7.05 Å². The first-order valence-corrected chi connectivity index (χ1v) is 9.04. The SMILES string of the molecule is CN=C(NCCCOCC1CCOC1)NC1CC1c1ccccc1. The molecular weight excluding hydrogens is 302 g/mol. The zero-order chi connectivity index (χ0) is 16.6. The van der Waals surface area contributed by atoms with Crippen LogP contribution in [-0.4, -0.2) is 52.0 Å². The van der Waals surface area contributed by atoms with E-state index in [2.05, 4.69) is 46.0 Å². The topological polar surface area (TPSA) is 54.9 Å². The minimum Gasteiger partial charge on any atom is -0.381 e. The van der Waals surface area contributed by atoms with Gasteiger partial charge in [0.25, 0.3) is 0 Å². The van der Waals surface area contributed by atoms with Crippen LogP contribution in [0.5, 0.6) is 0 Å². The minimum absolute atomic E-state index is 0.497. The van der Waals surface area contributed by atoms with E-state index >= 15 is 0 Å². The molecule has 3 atom stereocenters. The first-order chi connectivity index (χ1) is 11.9. The molecule has 0 bridgehead atoms. The van der Waals surface area contributed by atoms with E-state index in [4.69, 9.17) is 9.47 Å². The lowest BCUT2D eigenvalue weighted by Crippen LogP contribution is -2.39. The fraction of sp³-hybridized carbons (Fsp3) is 0.632. The molecule has 5 heteroatoms. The molecule has 1 heterocycles. The van der Waals surface area contributed by atoms with E-state index in [9.17, 15) is 0 Å². The summed E-state index contributed by atoms with van der Waals surface area (Å²) in [5, 5.41) is 6.88. The fourth-order valence-electron chi connectivity index (χ4n) is 3.14. The molecule has 1 aromatic carbocycles. The number of guanidine groups is 1. The van der Waals surface area contributed by atoms with Crippen LogP contribution in [0.25, 0.3) is 0 Å². The first kappa shape index (κ1) is 17.2. The van der Waals surface area contributed by atoms with E-state index in [0.29, 0.717) is 17.9 Å². The number of nitrogens with zero attached hydrogens (tertiary/aromatic N) is 1. The third-order valence-corrected chi connectivity index (χ3v) is 4.70. The maximum Gasteiger partial charge on any atom is 0.191 e. The zero-order valence-corrected chi connectivity index (χ0v) is 14.5. The van der Waals surface area contributed by atoms with Crippen molar-refractivity contribution in [1.82, 2.24) is 10.6 Å². The lowest BCUT2D eigenvalue weighted by atomic mass is 10.1. The van der Waals surface area contributed by atoms with E-state index in [0.717, 1.165) is 51.8 Å². The first-order valence-electron chi connectivity index (χ1n) is 9.04. The van der Waals surface area contributed by atoms with Gasteiger partial charge in [-0.15, -0.1) is 0 Å². The molecule has 0 spiro atoms. The summed E-state index contributed by atoms with van der Waals surface area (Å²) >= 11 is 0. The van der Waals surface area contributed by atoms with Crippen LogP contribution in [0.2, 0.25) is 0 Å². The Morgan fingerprint density at radius 3 is 2.96 bits per heavy atom. The molecule has 5 nitrogen and oxygen atoms in total. The summed E-state index contributed by atoms with van der Waals surface area (Å²) in [6.45, 7) is 4.25. The summed E-state index contributed by atoms with van der Waals surface area (Å²) in [7, 11) is 1.83. The molecule has 1 aliphatic carbocycles. The number of hydrogen-bond acceptors (Lipinski definition) is 3. The van der Waals surface area contributed by atoms with Crippen molar-refractivity contribution in [2.24, 2.45) is 10.9 Å². The summed E-state index contributed by atoms with van der Waals surface area (Å²) in [4.78, 5) is 4.31. The molecule has 2 fully saturated rings. The Morgan fingerprint density at radius 2 is 2.21 bits per heavy atom. The van der Waals surface area contributed by atoms with E-state index in [-0.39, 0.29) is 0 Å². The smallest absolute Gasteiger partial charge is 0.191 e. The van der Waals surface area contributed by atoms with Crippen molar-refractivity contribution >= 4 is 5.96 Å². The second-order valence-electron chi connectivity index (χ2n) is 6.66. The van der Waals surface area contributed by atoms with Crippen molar-refractivity contribution in [2.45, 2.75) is 31.2 Å². The van der Waals surface area contributed by atoms with Gasteiger partial charge in [-0.25, -0.2) is 0 Å². The highest BCUT2D eigenvalue weighted by Gasteiger charge is 2.38. The van der Waals surface area contributed by atoms with Gasteiger partial charge in [-0.3, -0.25) is 4.99 Å². The summed E-state index contributed by atoms with van der Waals surface area (Å²) in [5.41, 5.74) is 1.41. The minimum atomic E-state index is 0.497. The quantitative estimate of drug-likeness (QED) is 0.435. The summed E-state index contributed by atoms with van der Waals surface area (Å²) in [5.74, 6) is 2.10. The molecule has 24 heavy (non-hydrogen) atoms. The number of aliphatic imine (C=N–C) groups is 1. The van der Waals surface area contributed by atoms with Gasteiger partial charge in [0.15, 0.2) is 5.96 Å². The van der Waals surface area contributed by atoms with Gasteiger partial charge in [0.1, 0.15) is 0 Å². The summed E-state index contributed by atoms with van der Waals surface area (Å²) in [6, 6.07) is 11.2. The highest BCUT2D eigenvalue weighted by Crippen LogP contribution is 2.40. The standard InChI is InChI=1S/C19H29N3O2/c1-20-19(21-9-5-10-23-13-15-8-11-24-14-15)22-18-12-17(18)16-6-3-2-4-7-16/h2-4,6-7,15,17-18H,5,8-14H2,1H3,(H2,20,21,22).